The molecule has 0 fully saturated rings. The predicted octanol–water partition coefficient (Wildman–Crippen LogP) is 4.63. The van der Waals surface area contributed by atoms with Gasteiger partial charge in [-0.15, -0.1) is 0 Å². The quantitative estimate of drug-likeness (QED) is 0.690. The van der Waals surface area contributed by atoms with Crippen molar-refractivity contribution in [1.29, 1.82) is 0 Å². The monoisotopic (exact) mass is 410 g/mol. The van der Waals surface area contributed by atoms with Gasteiger partial charge in [-0.2, -0.15) is 0 Å². The van der Waals surface area contributed by atoms with Crippen molar-refractivity contribution < 1.29 is 13.9 Å². The van der Waals surface area contributed by atoms with Crippen molar-refractivity contribution in [3.63, 3.8) is 0 Å². The number of hydrogen-bond donors (Lipinski definition) is 1. The molecule has 30 heavy (non-hydrogen) atoms. The molecule has 0 bridgehead atoms. The van der Waals surface area contributed by atoms with Gasteiger partial charge in [-0.3, -0.25) is 4.79 Å². The molecule has 3 rings (SSSR count). The topological polar surface area (TPSA) is 41.6 Å². The molecule has 4 nitrogen and oxygen atoms in total. The fourth-order valence-corrected chi connectivity index (χ4v) is 3.82. The van der Waals surface area contributed by atoms with Gasteiger partial charge < -0.3 is 15.0 Å². The number of aryl methyl sites for hydroxylation is 1. The molecule has 2 atom stereocenters. The zero-order valence-electron chi connectivity index (χ0n) is 18.0. The van der Waals surface area contributed by atoms with E-state index in [0.717, 1.165) is 28.9 Å². The van der Waals surface area contributed by atoms with Crippen molar-refractivity contribution in [1.82, 2.24) is 10.2 Å². The van der Waals surface area contributed by atoms with Gasteiger partial charge in [-0.1, -0.05) is 30.3 Å². The zero-order chi connectivity index (χ0) is 21.5. The predicted molar refractivity (Wildman–Crippen MR) is 118 cm³/mol. The Kier molecular flexibility index (Phi) is 7.63. The van der Waals surface area contributed by atoms with Gasteiger partial charge >= 0.3 is 0 Å². The zero-order valence-corrected chi connectivity index (χ0v) is 18.0. The van der Waals surface area contributed by atoms with Crippen LogP contribution in [-0.2, 0) is 11.3 Å². The lowest BCUT2D eigenvalue weighted by Gasteiger charge is -2.31. The maximum absolute atomic E-state index is 13.2. The Bertz CT molecular complexity index is 875. The van der Waals surface area contributed by atoms with Crippen LogP contribution in [0.5, 0.6) is 5.75 Å². The van der Waals surface area contributed by atoms with Gasteiger partial charge in [0, 0.05) is 37.7 Å². The summed E-state index contributed by atoms with van der Waals surface area (Å²) in [4.78, 5) is 14.9. The summed E-state index contributed by atoms with van der Waals surface area (Å²) in [6.07, 6.45) is 3.23. The number of carbonyl (C=O) groups is 1. The second-order valence-corrected chi connectivity index (χ2v) is 7.74. The van der Waals surface area contributed by atoms with Crippen molar-refractivity contribution >= 4 is 5.91 Å². The molecular formula is C25H31FN2O2. The lowest BCUT2D eigenvalue weighted by Crippen LogP contribution is -2.41. The van der Waals surface area contributed by atoms with E-state index in [1.807, 2.05) is 56.0 Å². The first-order valence-corrected chi connectivity index (χ1v) is 10.7. The molecular weight excluding hydrogens is 379 g/mol. The third-order valence-electron chi connectivity index (χ3n) is 5.58. The van der Waals surface area contributed by atoms with Crippen LogP contribution in [-0.4, -0.2) is 36.0 Å². The number of rotatable bonds is 8. The van der Waals surface area contributed by atoms with Crippen LogP contribution in [0.4, 0.5) is 4.39 Å². The van der Waals surface area contributed by atoms with E-state index < -0.39 is 0 Å². The van der Waals surface area contributed by atoms with Crippen LogP contribution in [0.15, 0.2) is 60.2 Å². The first-order chi connectivity index (χ1) is 14.5. The van der Waals surface area contributed by atoms with Crippen molar-refractivity contribution in [2.45, 2.75) is 52.3 Å². The van der Waals surface area contributed by atoms with Crippen LogP contribution in [0.2, 0.25) is 0 Å². The molecule has 2 aromatic rings. The number of para-hydroxylation sites is 1. The number of ether oxygens (including phenoxy) is 1. The van der Waals surface area contributed by atoms with Crippen molar-refractivity contribution in [3.05, 3.63) is 77.1 Å². The van der Waals surface area contributed by atoms with Crippen LogP contribution in [0.25, 0.3) is 0 Å². The third-order valence-corrected chi connectivity index (χ3v) is 5.58. The fraction of sp³-hybridized carbons (Fsp3) is 0.400. The van der Waals surface area contributed by atoms with Gasteiger partial charge in [0.15, 0.2) is 0 Å². The molecule has 2 aromatic carbocycles. The van der Waals surface area contributed by atoms with Crippen LogP contribution >= 0.6 is 0 Å². The van der Waals surface area contributed by atoms with Gasteiger partial charge in [0.1, 0.15) is 17.7 Å². The summed E-state index contributed by atoms with van der Waals surface area (Å²) in [5.41, 5.74) is 2.88. The molecule has 0 saturated carbocycles. The average molecular weight is 411 g/mol. The maximum atomic E-state index is 13.2. The van der Waals surface area contributed by atoms with E-state index in [1.165, 1.54) is 12.1 Å². The van der Waals surface area contributed by atoms with E-state index in [1.54, 1.807) is 12.1 Å². The highest BCUT2D eigenvalue weighted by atomic mass is 19.1. The minimum Gasteiger partial charge on any atom is -0.486 e. The van der Waals surface area contributed by atoms with Crippen LogP contribution in [0, 0.1) is 12.7 Å². The number of halogens is 1. The Labute approximate surface area is 178 Å². The van der Waals surface area contributed by atoms with E-state index in [4.69, 9.17) is 4.74 Å². The molecule has 0 aliphatic heterocycles. The number of nitrogens with one attached hydrogen (secondary N) is 1. The van der Waals surface area contributed by atoms with Crippen LogP contribution in [0.3, 0.4) is 0 Å². The highest BCUT2D eigenvalue weighted by Gasteiger charge is 2.28. The molecule has 1 aliphatic rings. The molecule has 0 radical (unpaired) electrons. The van der Waals surface area contributed by atoms with E-state index in [2.05, 4.69) is 5.32 Å². The molecule has 0 aromatic heterocycles. The molecule has 160 valence electrons. The average Bonchev–Trinajstić information content (AvgIpc) is 2.75. The summed E-state index contributed by atoms with van der Waals surface area (Å²) in [5, 5.41) is 3.53. The Morgan fingerprint density at radius 2 is 1.83 bits per heavy atom. The minimum atomic E-state index is -0.238. The highest BCUT2D eigenvalue weighted by molar-refractivity contribution is 5.93. The summed E-state index contributed by atoms with van der Waals surface area (Å²) in [6.45, 7) is 8.00. The third kappa shape index (κ3) is 5.70. The summed E-state index contributed by atoms with van der Waals surface area (Å²) in [7, 11) is 0. The lowest BCUT2D eigenvalue weighted by molar-refractivity contribution is -0.127. The molecule has 1 N–H and O–H groups in total. The number of carbonyl (C=O) groups excluding carboxylic acids is 1. The first-order valence-electron chi connectivity index (χ1n) is 10.7. The Morgan fingerprint density at radius 3 is 2.50 bits per heavy atom. The molecule has 0 heterocycles. The van der Waals surface area contributed by atoms with Crippen molar-refractivity contribution in [2.24, 2.45) is 0 Å². The van der Waals surface area contributed by atoms with Crippen molar-refractivity contribution in [2.75, 3.05) is 13.1 Å². The molecule has 2 unspecified atom stereocenters. The maximum Gasteiger partial charge on any atom is 0.249 e. The van der Waals surface area contributed by atoms with E-state index in [-0.39, 0.29) is 23.9 Å². The number of hydrogen-bond acceptors (Lipinski definition) is 3. The van der Waals surface area contributed by atoms with Gasteiger partial charge in [0.25, 0.3) is 0 Å². The first kappa shape index (κ1) is 22.0. The molecule has 0 spiro atoms. The van der Waals surface area contributed by atoms with Crippen LogP contribution < -0.4 is 10.1 Å². The van der Waals surface area contributed by atoms with Gasteiger partial charge in [0.05, 0.1) is 0 Å². The van der Waals surface area contributed by atoms with Crippen molar-refractivity contribution in [3.8, 4) is 5.75 Å². The summed E-state index contributed by atoms with van der Waals surface area (Å²) in [6, 6.07) is 14.5. The molecule has 5 heteroatoms. The SMILES string of the molecule is CCN(CC)C(=O)C1=CC(Oc2ccccc2C)CC(NCc2ccc(F)cc2)C1. The summed E-state index contributed by atoms with van der Waals surface area (Å²) >= 11 is 0. The smallest absolute Gasteiger partial charge is 0.249 e. The molecule has 1 amide bonds. The fourth-order valence-electron chi connectivity index (χ4n) is 3.82. The second kappa shape index (κ2) is 10.4. The largest absolute Gasteiger partial charge is 0.486 e. The lowest BCUT2D eigenvalue weighted by atomic mass is 9.91. The Balaban J connectivity index is 1.75. The normalized spacial score (nSPS) is 18.6. The summed E-state index contributed by atoms with van der Waals surface area (Å²) < 4.78 is 19.4. The van der Waals surface area contributed by atoms with E-state index in [9.17, 15) is 9.18 Å². The molecule has 0 saturated heterocycles. The van der Waals surface area contributed by atoms with E-state index in [0.29, 0.717) is 26.1 Å². The second-order valence-electron chi connectivity index (χ2n) is 7.74. The Morgan fingerprint density at radius 1 is 1.13 bits per heavy atom. The standard InChI is InChI=1S/C25H31FN2O2/c1-4-28(5-2)25(29)20-14-22(27-17-19-10-12-21(26)13-11-19)16-23(15-20)30-24-9-7-6-8-18(24)3/h6-13,15,22-23,27H,4-5,14,16-17H2,1-3H3. The minimum absolute atomic E-state index is 0.0756. The van der Waals surface area contributed by atoms with Gasteiger partial charge in [-0.05, 0) is 62.6 Å². The number of benzene rings is 2. The highest BCUT2D eigenvalue weighted by Crippen LogP contribution is 2.26. The van der Waals surface area contributed by atoms with E-state index >= 15 is 0 Å². The van der Waals surface area contributed by atoms with Crippen LogP contribution in [0.1, 0.15) is 37.8 Å². The summed E-state index contributed by atoms with van der Waals surface area (Å²) in [5.74, 6) is 0.678. The Hall–Kier alpha value is -2.66. The van der Waals surface area contributed by atoms with Gasteiger partial charge in [-0.25, -0.2) is 4.39 Å². The number of likely N-dealkylation sites (N-methyl/N-ethyl adjacent to an activating group) is 1. The number of nitrogens with zero attached hydrogens (tertiary/aromatic N) is 1. The van der Waals surface area contributed by atoms with Gasteiger partial charge in [0.2, 0.25) is 5.91 Å². The molecule has 1 aliphatic carbocycles. The number of amides is 1.